The number of hydrogen-bond donors (Lipinski definition) is 1. The lowest BCUT2D eigenvalue weighted by Gasteiger charge is -2.49. The molecule has 0 unspecified atom stereocenters. The molecule has 4 fully saturated rings. The maximum absolute atomic E-state index is 12.8. The third-order valence-corrected chi connectivity index (χ3v) is 6.93. The average Bonchev–Trinajstić information content (AvgIpc) is 3.43. The van der Waals surface area contributed by atoms with Crippen LogP contribution in [-0.2, 0) is 0 Å². The lowest BCUT2D eigenvalue weighted by atomic mass is 9.79. The van der Waals surface area contributed by atoms with Crippen molar-refractivity contribution in [3.8, 4) is 11.3 Å². The number of nitrogens with one attached hydrogen (secondary N) is 1. The smallest absolute Gasteiger partial charge is 0.287 e. The fourth-order valence-corrected chi connectivity index (χ4v) is 5.19. The molecule has 0 saturated carbocycles. The molecule has 0 radical (unpaired) electrons. The van der Waals surface area contributed by atoms with Gasteiger partial charge in [-0.05, 0) is 88.0 Å². The number of furan rings is 1. The Kier molecular flexibility index (Phi) is 4.63. The molecule has 0 spiro atoms. The van der Waals surface area contributed by atoms with Crippen LogP contribution in [0.2, 0.25) is 0 Å². The highest BCUT2D eigenvalue weighted by Crippen LogP contribution is 2.32. The lowest BCUT2D eigenvalue weighted by molar-refractivity contribution is 0.0211. The summed E-state index contributed by atoms with van der Waals surface area (Å²) in [6.45, 7) is 6.84. The summed E-state index contributed by atoms with van der Waals surface area (Å²) >= 11 is 0. The second kappa shape index (κ2) is 7.28. The van der Waals surface area contributed by atoms with E-state index in [2.05, 4.69) is 46.3 Å². The molecule has 1 N–H and O–H groups in total. The van der Waals surface area contributed by atoms with Crippen molar-refractivity contribution >= 4 is 11.6 Å². The van der Waals surface area contributed by atoms with Crippen molar-refractivity contribution in [3.05, 3.63) is 42.2 Å². The van der Waals surface area contributed by atoms with E-state index in [1.165, 1.54) is 31.4 Å². The van der Waals surface area contributed by atoms with Crippen LogP contribution in [0.3, 0.4) is 0 Å². The minimum atomic E-state index is -0.0921. The molecule has 0 aliphatic carbocycles. The molecule has 28 heavy (non-hydrogen) atoms. The standard InChI is InChI=1S/C23H29N3O2/c1-16-22(18-10-14-25(16)15-11-18)24-23(27)21-9-8-20(28-21)17-4-6-19(7-5-17)26-12-2-3-13-26/h4-9,16,18,22H,2-3,10-15H2,1H3,(H,24,27)/t16-,22-/m0/s1. The van der Waals surface area contributed by atoms with Gasteiger partial charge in [-0.25, -0.2) is 0 Å². The van der Waals surface area contributed by atoms with Crippen LogP contribution in [0.1, 0.15) is 43.2 Å². The molecule has 2 bridgehead atoms. The summed E-state index contributed by atoms with van der Waals surface area (Å²) in [5.41, 5.74) is 2.28. The second-order valence-corrected chi connectivity index (χ2v) is 8.52. The number of carbonyl (C=O) groups is 1. The summed E-state index contributed by atoms with van der Waals surface area (Å²) in [5.74, 6) is 1.66. The second-order valence-electron chi connectivity index (χ2n) is 8.52. The van der Waals surface area contributed by atoms with Crippen LogP contribution in [-0.4, -0.2) is 49.1 Å². The van der Waals surface area contributed by atoms with Crippen molar-refractivity contribution in [3.63, 3.8) is 0 Å². The van der Waals surface area contributed by atoms with Gasteiger partial charge < -0.3 is 14.6 Å². The van der Waals surface area contributed by atoms with E-state index in [0.29, 0.717) is 17.7 Å². The van der Waals surface area contributed by atoms with Crippen molar-refractivity contribution in [1.29, 1.82) is 0 Å². The van der Waals surface area contributed by atoms with Gasteiger partial charge in [0.05, 0.1) is 0 Å². The first-order valence-electron chi connectivity index (χ1n) is 10.7. The number of nitrogens with zero attached hydrogens (tertiary/aromatic N) is 2. The Morgan fingerprint density at radius 3 is 2.39 bits per heavy atom. The molecule has 2 atom stereocenters. The minimum absolute atomic E-state index is 0.0921. The Morgan fingerprint density at radius 1 is 1.00 bits per heavy atom. The average molecular weight is 380 g/mol. The summed E-state index contributed by atoms with van der Waals surface area (Å²) in [6, 6.07) is 12.8. The van der Waals surface area contributed by atoms with Gasteiger partial charge in [0, 0.05) is 36.4 Å². The number of fused-ring (bicyclic) bond motifs is 3. The van der Waals surface area contributed by atoms with Crippen molar-refractivity contribution in [2.24, 2.45) is 5.92 Å². The quantitative estimate of drug-likeness (QED) is 0.879. The molecule has 6 rings (SSSR count). The van der Waals surface area contributed by atoms with E-state index < -0.39 is 0 Å². The number of rotatable bonds is 4. The summed E-state index contributed by atoms with van der Waals surface area (Å²) in [5, 5.41) is 3.25. The van der Waals surface area contributed by atoms with Crippen LogP contribution >= 0.6 is 0 Å². The number of anilines is 1. The van der Waals surface area contributed by atoms with Crippen LogP contribution in [0.15, 0.2) is 40.8 Å². The molecule has 148 valence electrons. The molecular weight excluding hydrogens is 350 g/mol. The first-order valence-corrected chi connectivity index (χ1v) is 10.7. The topological polar surface area (TPSA) is 48.7 Å². The molecule has 4 saturated heterocycles. The monoisotopic (exact) mass is 379 g/mol. The number of piperidine rings is 3. The van der Waals surface area contributed by atoms with Gasteiger partial charge in [0.1, 0.15) is 5.76 Å². The predicted molar refractivity (Wildman–Crippen MR) is 111 cm³/mol. The highest BCUT2D eigenvalue weighted by atomic mass is 16.3. The van der Waals surface area contributed by atoms with Crippen molar-refractivity contribution in [1.82, 2.24) is 10.2 Å². The molecule has 5 nitrogen and oxygen atoms in total. The van der Waals surface area contributed by atoms with Crippen molar-refractivity contribution in [2.45, 2.75) is 44.7 Å². The van der Waals surface area contributed by atoms with E-state index in [9.17, 15) is 4.79 Å². The van der Waals surface area contributed by atoms with Gasteiger partial charge in [-0.15, -0.1) is 0 Å². The summed E-state index contributed by atoms with van der Waals surface area (Å²) in [6.07, 6.45) is 4.91. The molecule has 4 aliphatic heterocycles. The van der Waals surface area contributed by atoms with E-state index in [-0.39, 0.29) is 11.9 Å². The Labute approximate surface area is 166 Å². The van der Waals surface area contributed by atoms with Crippen LogP contribution in [0.4, 0.5) is 5.69 Å². The zero-order valence-electron chi connectivity index (χ0n) is 16.6. The first kappa shape index (κ1) is 17.8. The van der Waals surface area contributed by atoms with Gasteiger partial charge in [0.15, 0.2) is 5.76 Å². The molecule has 4 aliphatic rings. The largest absolute Gasteiger partial charge is 0.451 e. The fraction of sp³-hybridized carbons (Fsp3) is 0.522. The van der Waals surface area contributed by atoms with Gasteiger partial charge in [0.25, 0.3) is 5.91 Å². The Bertz CT molecular complexity index is 828. The van der Waals surface area contributed by atoms with Gasteiger partial charge in [-0.3, -0.25) is 9.69 Å². The molecule has 1 amide bonds. The number of carbonyl (C=O) groups excluding carboxylic acids is 1. The van der Waals surface area contributed by atoms with Crippen LogP contribution in [0.25, 0.3) is 11.3 Å². The zero-order valence-corrected chi connectivity index (χ0v) is 16.6. The third kappa shape index (κ3) is 3.22. The maximum Gasteiger partial charge on any atom is 0.287 e. The normalized spacial score (nSPS) is 29.2. The van der Waals surface area contributed by atoms with Gasteiger partial charge in [-0.1, -0.05) is 0 Å². The molecule has 5 heterocycles. The summed E-state index contributed by atoms with van der Waals surface area (Å²) < 4.78 is 5.91. The van der Waals surface area contributed by atoms with Gasteiger partial charge in [-0.2, -0.15) is 0 Å². The lowest BCUT2D eigenvalue weighted by Crippen LogP contribution is -2.62. The molecule has 1 aromatic heterocycles. The molecule has 5 heteroatoms. The fourth-order valence-electron chi connectivity index (χ4n) is 5.19. The van der Waals surface area contributed by atoms with E-state index in [1.807, 2.05) is 6.07 Å². The Morgan fingerprint density at radius 2 is 1.71 bits per heavy atom. The number of hydrogen-bond acceptors (Lipinski definition) is 4. The first-order chi connectivity index (χ1) is 13.7. The Hall–Kier alpha value is -2.27. The Balaban J connectivity index is 1.27. The van der Waals surface area contributed by atoms with Crippen LogP contribution in [0.5, 0.6) is 0 Å². The highest BCUT2D eigenvalue weighted by Gasteiger charge is 2.40. The van der Waals surface area contributed by atoms with E-state index in [1.54, 1.807) is 6.07 Å². The third-order valence-electron chi connectivity index (χ3n) is 6.93. The van der Waals surface area contributed by atoms with Gasteiger partial charge >= 0.3 is 0 Å². The molecule has 2 aromatic rings. The van der Waals surface area contributed by atoms with Crippen LogP contribution in [0, 0.1) is 5.92 Å². The number of benzene rings is 1. The minimum Gasteiger partial charge on any atom is -0.451 e. The van der Waals surface area contributed by atoms with E-state index >= 15 is 0 Å². The van der Waals surface area contributed by atoms with E-state index in [0.717, 1.165) is 37.5 Å². The molecular formula is C23H29N3O2. The van der Waals surface area contributed by atoms with Crippen molar-refractivity contribution in [2.75, 3.05) is 31.1 Å². The van der Waals surface area contributed by atoms with Crippen molar-refractivity contribution < 1.29 is 9.21 Å². The summed E-state index contributed by atoms with van der Waals surface area (Å²) in [7, 11) is 0. The van der Waals surface area contributed by atoms with E-state index in [4.69, 9.17) is 4.42 Å². The SMILES string of the molecule is C[C@H]1[C@H](NC(=O)c2ccc(-c3ccc(N4CCCC4)cc3)o2)C2CCN1CC2. The summed E-state index contributed by atoms with van der Waals surface area (Å²) in [4.78, 5) is 17.7. The van der Waals surface area contributed by atoms with Crippen LogP contribution < -0.4 is 10.2 Å². The highest BCUT2D eigenvalue weighted by molar-refractivity contribution is 5.92. The number of amides is 1. The molecule has 1 aromatic carbocycles. The maximum atomic E-state index is 12.8. The zero-order chi connectivity index (χ0) is 19.1. The predicted octanol–water partition coefficient (Wildman–Crippen LogP) is 3.76. The van der Waals surface area contributed by atoms with Gasteiger partial charge in [0.2, 0.25) is 0 Å².